The molecule has 0 fully saturated rings. The molecule has 0 bridgehead atoms. The zero-order valence-electron chi connectivity index (χ0n) is 31.1. The van der Waals surface area contributed by atoms with Crippen LogP contribution in [0.15, 0.2) is 0 Å². The lowest BCUT2D eigenvalue weighted by molar-refractivity contribution is -0.161. The van der Waals surface area contributed by atoms with Crippen LogP contribution in [0.25, 0.3) is 0 Å². The number of unbranched alkanes of at least 4 members (excludes halogenated alkanes) is 23. The van der Waals surface area contributed by atoms with E-state index in [0.29, 0.717) is 12.8 Å². The van der Waals surface area contributed by atoms with Crippen LogP contribution in [0.3, 0.4) is 0 Å². The third kappa shape index (κ3) is 33.4. The van der Waals surface area contributed by atoms with Crippen LogP contribution < -0.4 is 5.73 Å². The van der Waals surface area contributed by atoms with Crippen LogP contribution in [-0.2, 0) is 37.5 Å². The van der Waals surface area contributed by atoms with Crippen molar-refractivity contribution in [2.45, 2.75) is 199 Å². The SMILES string of the molecule is CCCCCCCCCCCCCCCCCCC(=O)O[C@H](COC(=O)CCCCCCCCCCC)COP(=O)(O)OC[C@H](N)C(=O)O. The monoisotopic (exact) mass is 721 g/mol. The van der Waals surface area contributed by atoms with E-state index in [4.69, 9.17) is 24.8 Å². The number of carboxylic acid groups (broad SMARTS) is 1. The summed E-state index contributed by atoms with van der Waals surface area (Å²) >= 11 is 0. The molecule has 0 aromatic rings. The first-order valence-electron chi connectivity index (χ1n) is 19.6. The van der Waals surface area contributed by atoms with Crippen molar-refractivity contribution in [3.05, 3.63) is 0 Å². The van der Waals surface area contributed by atoms with E-state index < -0.39 is 51.1 Å². The van der Waals surface area contributed by atoms with Gasteiger partial charge in [0.2, 0.25) is 0 Å². The first-order valence-corrected chi connectivity index (χ1v) is 21.1. The van der Waals surface area contributed by atoms with Gasteiger partial charge in [0.25, 0.3) is 0 Å². The Kier molecular flexibility index (Phi) is 32.6. The molecule has 0 aliphatic rings. The summed E-state index contributed by atoms with van der Waals surface area (Å²) in [5.41, 5.74) is 5.31. The molecule has 0 radical (unpaired) electrons. The first kappa shape index (κ1) is 47.5. The van der Waals surface area contributed by atoms with E-state index in [0.717, 1.165) is 38.5 Å². The maximum absolute atomic E-state index is 12.6. The summed E-state index contributed by atoms with van der Waals surface area (Å²) in [6.45, 7) is 2.78. The average molecular weight is 722 g/mol. The van der Waals surface area contributed by atoms with Gasteiger partial charge in [-0.3, -0.25) is 23.4 Å². The van der Waals surface area contributed by atoms with Crippen LogP contribution in [0, 0.1) is 0 Å². The minimum absolute atomic E-state index is 0.169. The molecule has 0 amide bonds. The van der Waals surface area contributed by atoms with Crippen molar-refractivity contribution in [1.29, 1.82) is 0 Å². The lowest BCUT2D eigenvalue weighted by Gasteiger charge is -2.20. The summed E-state index contributed by atoms with van der Waals surface area (Å²) in [6.07, 6.45) is 28.9. The highest BCUT2D eigenvalue weighted by atomic mass is 31.2. The van der Waals surface area contributed by atoms with Crippen LogP contribution in [0.2, 0.25) is 0 Å². The van der Waals surface area contributed by atoms with Crippen molar-refractivity contribution in [2.75, 3.05) is 19.8 Å². The average Bonchev–Trinajstić information content (AvgIpc) is 3.07. The smallest absolute Gasteiger partial charge is 0.472 e. The van der Waals surface area contributed by atoms with E-state index in [1.807, 2.05) is 0 Å². The van der Waals surface area contributed by atoms with Crippen molar-refractivity contribution < 1.29 is 47.5 Å². The molecular formula is C37H72NO10P. The van der Waals surface area contributed by atoms with Crippen molar-refractivity contribution in [1.82, 2.24) is 0 Å². The highest BCUT2D eigenvalue weighted by Gasteiger charge is 2.28. The third-order valence-electron chi connectivity index (χ3n) is 8.61. The summed E-state index contributed by atoms with van der Waals surface area (Å²) in [4.78, 5) is 45.7. The van der Waals surface area contributed by atoms with Gasteiger partial charge in [-0.2, -0.15) is 0 Å². The maximum atomic E-state index is 12.6. The first-order chi connectivity index (χ1) is 23.6. The Morgan fingerprint density at radius 1 is 0.551 bits per heavy atom. The van der Waals surface area contributed by atoms with E-state index in [1.165, 1.54) is 109 Å². The van der Waals surface area contributed by atoms with E-state index in [1.54, 1.807) is 0 Å². The molecule has 0 aromatic heterocycles. The fourth-order valence-corrected chi connectivity index (χ4v) is 6.26. The number of hydrogen-bond donors (Lipinski definition) is 3. The van der Waals surface area contributed by atoms with Crippen LogP contribution in [0.4, 0.5) is 0 Å². The Balaban J connectivity index is 4.35. The van der Waals surface area contributed by atoms with Gasteiger partial charge >= 0.3 is 25.7 Å². The number of aliphatic carboxylic acids is 1. The van der Waals surface area contributed by atoms with Gasteiger partial charge in [0, 0.05) is 12.8 Å². The normalized spacial score (nSPS) is 13.9. The van der Waals surface area contributed by atoms with Gasteiger partial charge in [0.05, 0.1) is 13.2 Å². The number of esters is 2. The van der Waals surface area contributed by atoms with Gasteiger partial charge < -0.3 is 25.2 Å². The molecule has 12 heteroatoms. The second-order valence-electron chi connectivity index (χ2n) is 13.4. The van der Waals surface area contributed by atoms with Crippen molar-refractivity contribution >= 4 is 25.7 Å². The Morgan fingerprint density at radius 3 is 1.29 bits per heavy atom. The molecule has 0 heterocycles. The molecule has 0 aromatic carbocycles. The molecule has 1 unspecified atom stereocenters. The molecule has 0 saturated heterocycles. The predicted octanol–water partition coefficient (Wildman–Crippen LogP) is 9.56. The molecule has 4 N–H and O–H groups in total. The molecular weight excluding hydrogens is 649 g/mol. The number of hydrogen-bond acceptors (Lipinski definition) is 9. The fraction of sp³-hybridized carbons (Fsp3) is 0.919. The minimum atomic E-state index is -4.70. The Hall–Kier alpha value is -1.52. The van der Waals surface area contributed by atoms with E-state index in [-0.39, 0.29) is 19.4 Å². The number of phosphoric acid groups is 1. The van der Waals surface area contributed by atoms with Gasteiger partial charge in [0.1, 0.15) is 12.6 Å². The van der Waals surface area contributed by atoms with Crippen LogP contribution in [-0.4, -0.2) is 59.9 Å². The van der Waals surface area contributed by atoms with Crippen molar-refractivity contribution in [3.8, 4) is 0 Å². The zero-order chi connectivity index (χ0) is 36.4. The minimum Gasteiger partial charge on any atom is -0.480 e. The molecule has 49 heavy (non-hydrogen) atoms. The van der Waals surface area contributed by atoms with Crippen LogP contribution in [0.1, 0.15) is 187 Å². The van der Waals surface area contributed by atoms with Gasteiger partial charge in [-0.25, -0.2) is 4.57 Å². The Labute approximate surface area is 297 Å². The molecule has 0 saturated carbocycles. The highest BCUT2D eigenvalue weighted by molar-refractivity contribution is 7.47. The predicted molar refractivity (Wildman–Crippen MR) is 194 cm³/mol. The molecule has 0 spiro atoms. The second-order valence-corrected chi connectivity index (χ2v) is 14.9. The van der Waals surface area contributed by atoms with Gasteiger partial charge in [-0.05, 0) is 12.8 Å². The number of carbonyl (C=O) groups excluding carboxylic acids is 2. The maximum Gasteiger partial charge on any atom is 0.472 e. The molecule has 0 rings (SSSR count). The summed E-state index contributed by atoms with van der Waals surface area (Å²) in [7, 11) is -4.70. The third-order valence-corrected chi connectivity index (χ3v) is 9.56. The van der Waals surface area contributed by atoms with Gasteiger partial charge in [-0.15, -0.1) is 0 Å². The molecule has 0 aliphatic carbocycles. The number of rotatable bonds is 37. The number of carbonyl (C=O) groups is 3. The quantitative estimate of drug-likeness (QED) is 0.0317. The largest absolute Gasteiger partial charge is 0.480 e. The standard InChI is InChI=1S/C37H72NO10P/c1-3-5-7-9-11-13-14-15-16-17-18-19-21-23-25-27-29-36(40)48-33(31-46-49(43,44)47-32-34(38)37(41)42)30-45-35(39)28-26-24-22-20-12-10-8-6-4-2/h33-34H,3-32,38H2,1-2H3,(H,41,42)(H,43,44)/t33-,34+/m1/s1. The van der Waals surface area contributed by atoms with E-state index in [2.05, 4.69) is 18.4 Å². The van der Waals surface area contributed by atoms with Crippen LogP contribution >= 0.6 is 7.82 Å². The van der Waals surface area contributed by atoms with Crippen molar-refractivity contribution in [2.24, 2.45) is 5.73 Å². The Bertz CT molecular complexity index is 859. The van der Waals surface area contributed by atoms with Crippen molar-refractivity contribution in [3.63, 3.8) is 0 Å². The molecule has 0 aliphatic heterocycles. The molecule has 3 atom stereocenters. The van der Waals surface area contributed by atoms with Gasteiger partial charge in [0.15, 0.2) is 6.10 Å². The summed E-state index contributed by atoms with van der Waals surface area (Å²) in [6, 6.07) is -1.51. The molecule has 290 valence electrons. The van der Waals surface area contributed by atoms with Gasteiger partial charge in [-0.1, -0.05) is 162 Å². The summed E-state index contributed by atoms with van der Waals surface area (Å²) in [5.74, 6) is -2.37. The number of nitrogens with two attached hydrogens (primary N) is 1. The lowest BCUT2D eigenvalue weighted by Crippen LogP contribution is -2.34. The topological polar surface area (TPSA) is 172 Å². The Morgan fingerprint density at radius 2 is 0.898 bits per heavy atom. The highest BCUT2D eigenvalue weighted by Crippen LogP contribution is 2.43. The zero-order valence-corrected chi connectivity index (χ0v) is 31.9. The molecule has 11 nitrogen and oxygen atoms in total. The summed E-state index contributed by atoms with van der Waals surface area (Å²) in [5, 5.41) is 8.85. The van der Waals surface area contributed by atoms with Crippen LogP contribution in [0.5, 0.6) is 0 Å². The number of phosphoric ester groups is 1. The number of carboxylic acids is 1. The second kappa shape index (κ2) is 33.6. The fourth-order valence-electron chi connectivity index (χ4n) is 5.48. The number of ether oxygens (including phenoxy) is 2. The lowest BCUT2D eigenvalue weighted by atomic mass is 10.0. The van der Waals surface area contributed by atoms with E-state index in [9.17, 15) is 23.8 Å². The summed E-state index contributed by atoms with van der Waals surface area (Å²) < 4.78 is 32.5. The van der Waals surface area contributed by atoms with E-state index >= 15 is 0 Å².